The van der Waals surface area contributed by atoms with E-state index in [0.29, 0.717) is 0 Å². The van der Waals surface area contributed by atoms with Crippen LogP contribution in [-0.4, -0.2) is 25.5 Å². The van der Waals surface area contributed by atoms with Crippen molar-refractivity contribution in [2.45, 2.75) is 19.3 Å². The monoisotopic (exact) mass is 268 g/mol. The molecule has 1 aromatic rings. The summed E-state index contributed by atoms with van der Waals surface area (Å²) in [7, 11) is 0. The van der Waals surface area contributed by atoms with E-state index in [0.717, 1.165) is 38.9 Å². The summed E-state index contributed by atoms with van der Waals surface area (Å²) in [6, 6.07) is 10.3. The van der Waals surface area contributed by atoms with Crippen LogP contribution >= 0.6 is 12.4 Å². The van der Waals surface area contributed by atoms with Crippen molar-refractivity contribution < 1.29 is 4.79 Å². The van der Waals surface area contributed by atoms with Gasteiger partial charge in [-0.1, -0.05) is 30.3 Å². The number of rotatable bonds is 4. The smallest absolute Gasteiger partial charge is 0.224 e. The minimum absolute atomic E-state index is 0. The Labute approximate surface area is 115 Å². The van der Waals surface area contributed by atoms with Crippen molar-refractivity contribution in [2.75, 3.05) is 19.6 Å². The Balaban J connectivity index is 0.00000162. The molecule has 0 radical (unpaired) electrons. The molecule has 0 bridgehead atoms. The van der Waals surface area contributed by atoms with Crippen LogP contribution < -0.4 is 10.6 Å². The van der Waals surface area contributed by atoms with Gasteiger partial charge in [0.1, 0.15) is 0 Å². The van der Waals surface area contributed by atoms with Gasteiger partial charge in [0, 0.05) is 13.1 Å². The van der Waals surface area contributed by atoms with Gasteiger partial charge in [0.2, 0.25) is 5.91 Å². The zero-order valence-electron chi connectivity index (χ0n) is 10.5. The van der Waals surface area contributed by atoms with E-state index in [1.165, 1.54) is 5.56 Å². The third-order valence-electron chi connectivity index (χ3n) is 3.22. The molecule has 1 heterocycles. The van der Waals surface area contributed by atoms with Crippen LogP contribution in [0.3, 0.4) is 0 Å². The zero-order valence-corrected chi connectivity index (χ0v) is 11.3. The van der Waals surface area contributed by atoms with E-state index in [4.69, 9.17) is 0 Å². The minimum atomic E-state index is 0. The first-order valence-electron chi connectivity index (χ1n) is 6.38. The Bertz CT molecular complexity index is 350. The van der Waals surface area contributed by atoms with Gasteiger partial charge in [-0.25, -0.2) is 0 Å². The molecular weight excluding hydrogens is 248 g/mol. The maximum absolute atomic E-state index is 11.8. The Morgan fingerprint density at radius 1 is 1.33 bits per heavy atom. The minimum Gasteiger partial charge on any atom is -0.355 e. The third-order valence-corrected chi connectivity index (χ3v) is 3.22. The van der Waals surface area contributed by atoms with Crippen LogP contribution in [0.5, 0.6) is 0 Å². The van der Waals surface area contributed by atoms with Crippen LogP contribution in [0.25, 0.3) is 0 Å². The fraction of sp³-hybridized carbons (Fsp3) is 0.500. The van der Waals surface area contributed by atoms with Gasteiger partial charge in [0.15, 0.2) is 0 Å². The molecule has 0 aliphatic carbocycles. The summed E-state index contributed by atoms with van der Waals surface area (Å²) in [5.41, 5.74) is 1.27. The van der Waals surface area contributed by atoms with Gasteiger partial charge in [0.25, 0.3) is 0 Å². The number of benzene rings is 1. The predicted molar refractivity (Wildman–Crippen MR) is 76.0 cm³/mol. The maximum Gasteiger partial charge on any atom is 0.224 e. The predicted octanol–water partition coefficient (Wildman–Crippen LogP) is 1.77. The van der Waals surface area contributed by atoms with E-state index < -0.39 is 0 Å². The number of hydrogen-bond acceptors (Lipinski definition) is 2. The van der Waals surface area contributed by atoms with Gasteiger partial charge in [0.05, 0.1) is 5.92 Å². The molecule has 1 saturated heterocycles. The summed E-state index contributed by atoms with van der Waals surface area (Å²) in [6.07, 6.45) is 3.04. The van der Waals surface area contributed by atoms with E-state index in [2.05, 4.69) is 22.8 Å². The highest BCUT2D eigenvalue weighted by molar-refractivity contribution is 5.85. The van der Waals surface area contributed by atoms with Crippen molar-refractivity contribution in [1.29, 1.82) is 0 Å². The average Bonchev–Trinajstić information content (AvgIpc) is 2.41. The van der Waals surface area contributed by atoms with Crippen molar-refractivity contribution in [1.82, 2.24) is 10.6 Å². The van der Waals surface area contributed by atoms with Crippen molar-refractivity contribution in [3.8, 4) is 0 Å². The van der Waals surface area contributed by atoms with Crippen LogP contribution in [0.1, 0.15) is 18.4 Å². The molecule has 1 fully saturated rings. The average molecular weight is 269 g/mol. The van der Waals surface area contributed by atoms with Crippen LogP contribution in [0.2, 0.25) is 0 Å². The highest BCUT2D eigenvalue weighted by Gasteiger charge is 2.19. The van der Waals surface area contributed by atoms with Gasteiger partial charge >= 0.3 is 0 Å². The molecule has 1 amide bonds. The summed E-state index contributed by atoms with van der Waals surface area (Å²) in [6.45, 7) is 2.62. The van der Waals surface area contributed by atoms with Crippen LogP contribution in [0.4, 0.5) is 0 Å². The molecule has 1 aliphatic rings. The highest BCUT2D eigenvalue weighted by Crippen LogP contribution is 2.09. The van der Waals surface area contributed by atoms with E-state index in [-0.39, 0.29) is 24.2 Å². The lowest BCUT2D eigenvalue weighted by atomic mass is 9.99. The first-order valence-corrected chi connectivity index (χ1v) is 6.38. The van der Waals surface area contributed by atoms with Crippen LogP contribution in [0.15, 0.2) is 30.3 Å². The van der Waals surface area contributed by atoms with Crippen LogP contribution in [-0.2, 0) is 11.2 Å². The second-order valence-electron chi connectivity index (χ2n) is 4.57. The van der Waals surface area contributed by atoms with Gasteiger partial charge in [-0.2, -0.15) is 0 Å². The molecule has 3 nitrogen and oxygen atoms in total. The van der Waals surface area contributed by atoms with Gasteiger partial charge < -0.3 is 10.6 Å². The van der Waals surface area contributed by atoms with Crippen molar-refractivity contribution >= 4 is 18.3 Å². The van der Waals surface area contributed by atoms with Crippen molar-refractivity contribution in [3.05, 3.63) is 35.9 Å². The van der Waals surface area contributed by atoms with E-state index in [9.17, 15) is 4.79 Å². The lowest BCUT2D eigenvalue weighted by Gasteiger charge is -2.21. The summed E-state index contributed by atoms with van der Waals surface area (Å²) in [5, 5.41) is 6.28. The van der Waals surface area contributed by atoms with Gasteiger partial charge in [-0.05, 0) is 31.4 Å². The van der Waals surface area contributed by atoms with E-state index >= 15 is 0 Å². The molecule has 1 aromatic carbocycles. The topological polar surface area (TPSA) is 41.1 Å². The molecule has 2 rings (SSSR count). The number of piperidine rings is 1. The second kappa shape index (κ2) is 8.11. The Morgan fingerprint density at radius 3 is 2.78 bits per heavy atom. The standard InChI is InChI=1S/C14H20N2O.ClH/c17-14(13-7-4-9-15-11-13)16-10-8-12-5-2-1-3-6-12;/h1-3,5-6,13,15H,4,7-11H2,(H,16,17);1H. The molecule has 18 heavy (non-hydrogen) atoms. The largest absolute Gasteiger partial charge is 0.355 e. The summed E-state index contributed by atoms with van der Waals surface area (Å²) in [4.78, 5) is 11.8. The summed E-state index contributed by atoms with van der Waals surface area (Å²) < 4.78 is 0. The number of hydrogen-bond donors (Lipinski definition) is 2. The number of nitrogens with one attached hydrogen (secondary N) is 2. The maximum atomic E-state index is 11.8. The number of halogens is 1. The number of carbonyl (C=O) groups excluding carboxylic acids is 1. The molecule has 1 aliphatic heterocycles. The Kier molecular flexibility index (Phi) is 6.76. The normalized spacial score (nSPS) is 18.8. The van der Waals surface area contributed by atoms with Crippen molar-refractivity contribution in [3.63, 3.8) is 0 Å². The molecule has 1 atom stereocenters. The quantitative estimate of drug-likeness (QED) is 0.874. The van der Waals surface area contributed by atoms with Gasteiger partial charge in [-0.15, -0.1) is 12.4 Å². The molecule has 0 saturated carbocycles. The Hall–Kier alpha value is -1.06. The molecule has 4 heteroatoms. The van der Waals surface area contributed by atoms with Gasteiger partial charge in [-0.3, -0.25) is 4.79 Å². The fourth-order valence-corrected chi connectivity index (χ4v) is 2.19. The van der Waals surface area contributed by atoms with Crippen molar-refractivity contribution in [2.24, 2.45) is 5.92 Å². The molecular formula is C14H21ClN2O. The first kappa shape index (κ1) is 15.0. The molecule has 100 valence electrons. The molecule has 2 N–H and O–H groups in total. The second-order valence-corrected chi connectivity index (χ2v) is 4.57. The lowest BCUT2D eigenvalue weighted by Crippen LogP contribution is -2.41. The number of amides is 1. The first-order chi connectivity index (χ1) is 8.36. The summed E-state index contributed by atoms with van der Waals surface area (Å²) in [5.74, 6) is 0.368. The van der Waals surface area contributed by atoms with E-state index in [1.54, 1.807) is 0 Å². The molecule has 0 spiro atoms. The van der Waals surface area contributed by atoms with Crippen LogP contribution in [0, 0.1) is 5.92 Å². The lowest BCUT2D eigenvalue weighted by molar-refractivity contribution is -0.125. The molecule has 0 aromatic heterocycles. The zero-order chi connectivity index (χ0) is 11.9. The SMILES string of the molecule is Cl.O=C(NCCc1ccccc1)C1CCCNC1. The third kappa shape index (κ3) is 4.67. The highest BCUT2D eigenvalue weighted by atomic mass is 35.5. The molecule has 1 unspecified atom stereocenters. The van der Waals surface area contributed by atoms with E-state index in [1.807, 2.05) is 18.2 Å². The Morgan fingerprint density at radius 2 is 2.11 bits per heavy atom. The summed E-state index contributed by atoms with van der Waals surface area (Å²) >= 11 is 0. The fourth-order valence-electron chi connectivity index (χ4n) is 2.19. The number of carbonyl (C=O) groups is 1.